The Bertz CT molecular complexity index is 618. The van der Waals surface area contributed by atoms with Crippen molar-refractivity contribution in [3.63, 3.8) is 0 Å². The first-order valence-electron chi connectivity index (χ1n) is 9.17. The standard InChI is InChI=1S/C19H26F2N2O2/c1-25-16-8-7-15(20)18(21)17(16)19(24)23-12-3-2-6-14(23)9-13-22-10-4-5-11-22/h7-8,14H,2-6,9-13H2,1H3/t14-/m1/s1. The first-order chi connectivity index (χ1) is 12.1. The Morgan fingerprint density at radius 1 is 1.16 bits per heavy atom. The monoisotopic (exact) mass is 352 g/mol. The van der Waals surface area contributed by atoms with Crippen molar-refractivity contribution in [3.05, 3.63) is 29.3 Å². The average molecular weight is 352 g/mol. The van der Waals surface area contributed by atoms with E-state index in [-0.39, 0.29) is 17.4 Å². The molecule has 1 aromatic carbocycles. The number of amides is 1. The molecule has 0 bridgehead atoms. The minimum Gasteiger partial charge on any atom is -0.496 e. The molecule has 25 heavy (non-hydrogen) atoms. The van der Waals surface area contributed by atoms with Crippen LogP contribution in [0, 0.1) is 11.6 Å². The van der Waals surface area contributed by atoms with E-state index in [9.17, 15) is 13.6 Å². The predicted octanol–water partition coefficient (Wildman–Crippen LogP) is 3.45. The molecule has 2 saturated heterocycles. The van der Waals surface area contributed by atoms with Crippen LogP contribution < -0.4 is 4.74 Å². The highest BCUT2D eigenvalue weighted by Gasteiger charge is 2.32. The second kappa shape index (κ2) is 8.13. The number of hydrogen-bond acceptors (Lipinski definition) is 3. The second-order valence-corrected chi connectivity index (χ2v) is 6.92. The molecule has 0 aromatic heterocycles. The Hall–Kier alpha value is -1.69. The normalized spacial score (nSPS) is 21.6. The lowest BCUT2D eigenvalue weighted by Crippen LogP contribution is -2.45. The van der Waals surface area contributed by atoms with Gasteiger partial charge in [0.1, 0.15) is 11.3 Å². The summed E-state index contributed by atoms with van der Waals surface area (Å²) in [5.74, 6) is -2.50. The van der Waals surface area contributed by atoms with E-state index in [0.717, 1.165) is 51.4 Å². The maximum Gasteiger partial charge on any atom is 0.260 e. The molecule has 2 aliphatic heterocycles. The SMILES string of the molecule is COc1ccc(F)c(F)c1C(=O)N1CCCC[C@@H]1CCN1CCCC1. The number of ether oxygens (including phenoxy) is 1. The maximum atomic E-state index is 14.3. The van der Waals surface area contributed by atoms with E-state index in [1.807, 2.05) is 0 Å². The number of halogens is 2. The van der Waals surface area contributed by atoms with Crippen molar-refractivity contribution in [2.24, 2.45) is 0 Å². The quantitative estimate of drug-likeness (QED) is 0.814. The molecular weight excluding hydrogens is 326 g/mol. The van der Waals surface area contributed by atoms with Crippen LogP contribution in [-0.4, -0.2) is 55.0 Å². The van der Waals surface area contributed by atoms with E-state index >= 15 is 0 Å². The molecule has 2 aliphatic rings. The fourth-order valence-corrected chi connectivity index (χ4v) is 3.95. The minimum atomic E-state index is -1.12. The van der Waals surface area contributed by atoms with Gasteiger partial charge in [-0.05, 0) is 63.7 Å². The predicted molar refractivity (Wildman–Crippen MR) is 91.9 cm³/mol. The van der Waals surface area contributed by atoms with Gasteiger partial charge >= 0.3 is 0 Å². The molecule has 3 rings (SSSR count). The van der Waals surface area contributed by atoms with E-state index < -0.39 is 17.5 Å². The van der Waals surface area contributed by atoms with E-state index in [0.29, 0.717) is 6.54 Å². The summed E-state index contributed by atoms with van der Waals surface area (Å²) in [5, 5.41) is 0. The van der Waals surface area contributed by atoms with Crippen LogP contribution in [-0.2, 0) is 0 Å². The summed E-state index contributed by atoms with van der Waals surface area (Å²) in [6.07, 6.45) is 6.23. The molecule has 0 N–H and O–H groups in total. The summed E-state index contributed by atoms with van der Waals surface area (Å²) >= 11 is 0. The molecule has 0 spiro atoms. The van der Waals surface area contributed by atoms with Crippen molar-refractivity contribution in [2.75, 3.05) is 33.3 Å². The van der Waals surface area contributed by atoms with Crippen LogP contribution in [0.15, 0.2) is 12.1 Å². The van der Waals surface area contributed by atoms with Gasteiger partial charge in [-0.15, -0.1) is 0 Å². The fourth-order valence-electron chi connectivity index (χ4n) is 3.95. The smallest absolute Gasteiger partial charge is 0.260 e. The number of likely N-dealkylation sites (tertiary alicyclic amines) is 2. The van der Waals surface area contributed by atoms with Gasteiger partial charge in [-0.3, -0.25) is 4.79 Å². The molecule has 1 aromatic rings. The fraction of sp³-hybridized carbons (Fsp3) is 0.632. The van der Waals surface area contributed by atoms with E-state index in [1.165, 1.54) is 26.0 Å². The lowest BCUT2D eigenvalue weighted by atomic mass is 9.97. The maximum absolute atomic E-state index is 14.3. The number of carbonyl (C=O) groups excluding carboxylic acids is 1. The van der Waals surface area contributed by atoms with Gasteiger partial charge in [0, 0.05) is 19.1 Å². The molecule has 0 aliphatic carbocycles. The lowest BCUT2D eigenvalue weighted by Gasteiger charge is -2.37. The molecule has 0 saturated carbocycles. The summed E-state index contributed by atoms with van der Waals surface area (Å²) in [6.45, 7) is 3.78. The Kier molecular flexibility index (Phi) is 5.89. The zero-order chi connectivity index (χ0) is 17.8. The van der Waals surface area contributed by atoms with Gasteiger partial charge in [0.2, 0.25) is 0 Å². The largest absolute Gasteiger partial charge is 0.496 e. The van der Waals surface area contributed by atoms with Gasteiger partial charge in [0.05, 0.1) is 7.11 Å². The van der Waals surface area contributed by atoms with Crippen LogP contribution in [0.1, 0.15) is 48.9 Å². The molecule has 0 unspecified atom stereocenters. The van der Waals surface area contributed by atoms with Crippen LogP contribution in [0.5, 0.6) is 5.75 Å². The van der Waals surface area contributed by atoms with Crippen LogP contribution in [0.3, 0.4) is 0 Å². The van der Waals surface area contributed by atoms with Crippen LogP contribution >= 0.6 is 0 Å². The van der Waals surface area contributed by atoms with Crippen molar-refractivity contribution < 1.29 is 18.3 Å². The van der Waals surface area contributed by atoms with Crippen molar-refractivity contribution in [1.82, 2.24) is 9.80 Å². The van der Waals surface area contributed by atoms with Gasteiger partial charge in [-0.1, -0.05) is 0 Å². The molecule has 0 radical (unpaired) electrons. The first-order valence-corrected chi connectivity index (χ1v) is 9.17. The van der Waals surface area contributed by atoms with Gasteiger partial charge in [-0.2, -0.15) is 0 Å². The van der Waals surface area contributed by atoms with Crippen molar-refractivity contribution >= 4 is 5.91 Å². The molecule has 1 atom stereocenters. The lowest BCUT2D eigenvalue weighted by molar-refractivity contribution is 0.0578. The summed E-state index contributed by atoms with van der Waals surface area (Å²) in [4.78, 5) is 17.1. The van der Waals surface area contributed by atoms with Crippen LogP contribution in [0.25, 0.3) is 0 Å². The zero-order valence-electron chi connectivity index (χ0n) is 14.8. The minimum absolute atomic E-state index is 0.0780. The van der Waals surface area contributed by atoms with Crippen LogP contribution in [0.2, 0.25) is 0 Å². The number of benzene rings is 1. The molecule has 6 heteroatoms. The molecule has 4 nitrogen and oxygen atoms in total. The Labute approximate surface area is 147 Å². The average Bonchev–Trinajstić information content (AvgIpc) is 3.15. The van der Waals surface area contributed by atoms with Crippen molar-refractivity contribution in [3.8, 4) is 5.75 Å². The number of hydrogen-bond donors (Lipinski definition) is 0. The van der Waals surface area contributed by atoms with E-state index in [4.69, 9.17) is 4.74 Å². The number of nitrogens with zero attached hydrogens (tertiary/aromatic N) is 2. The van der Waals surface area contributed by atoms with Gasteiger partial charge in [-0.25, -0.2) is 8.78 Å². The summed E-state index contributed by atoms with van der Waals surface area (Å²) < 4.78 is 33.1. The van der Waals surface area contributed by atoms with E-state index in [2.05, 4.69) is 4.90 Å². The number of methoxy groups -OCH3 is 1. The second-order valence-electron chi connectivity index (χ2n) is 6.92. The molecule has 2 heterocycles. The van der Waals surface area contributed by atoms with E-state index in [1.54, 1.807) is 4.90 Å². The third-order valence-electron chi connectivity index (χ3n) is 5.36. The van der Waals surface area contributed by atoms with Crippen LogP contribution in [0.4, 0.5) is 8.78 Å². The summed E-state index contributed by atoms with van der Waals surface area (Å²) in [7, 11) is 1.37. The van der Waals surface area contributed by atoms with Gasteiger partial charge in [0.15, 0.2) is 11.6 Å². The number of piperidine rings is 1. The molecule has 1 amide bonds. The van der Waals surface area contributed by atoms with Gasteiger partial charge < -0.3 is 14.5 Å². The van der Waals surface area contributed by atoms with Crippen molar-refractivity contribution in [1.29, 1.82) is 0 Å². The Balaban J connectivity index is 1.77. The van der Waals surface area contributed by atoms with Crippen molar-refractivity contribution in [2.45, 2.75) is 44.6 Å². The highest BCUT2D eigenvalue weighted by Crippen LogP contribution is 2.29. The summed E-state index contributed by atoms with van der Waals surface area (Å²) in [5.41, 5.74) is -0.282. The number of rotatable bonds is 5. The van der Waals surface area contributed by atoms with Gasteiger partial charge in [0.25, 0.3) is 5.91 Å². The molecule has 138 valence electrons. The Morgan fingerprint density at radius 2 is 1.88 bits per heavy atom. The highest BCUT2D eigenvalue weighted by atomic mass is 19.2. The molecule has 2 fully saturated rings. The number of carbonyl (C=O) groups is 1. The topological polar surface area (TPSA) is 32.8 Å². The highest BCUT2D eigenvalue weighted by molar-refractivity contribution is 5.97. The third-order valence-corrected chi connectivity index (χ3v) is 5.36. The third kappa shape index (κ3) is 3.94. The summed E-state index contributed by atoms with van der Waals surface area (Å²) in [6, 6.07) is 2.38. The Morgan fingerprint density at radius 3 is 2.60 bits per heavy atom. The first kappa shape index (κ1) is 18.1. The zero-order valence-corrected chi connectivity index (χ0v) is 14.8. The molecular formula is C19H26F2N2O2.